The van der Waals surface area contributed by atoms with Crippen LogP contribution in [0.2, 0.25) is 0 Å². The third-order valence-electron chi connectivity index (χ3n) is 3.14. The van der Waals surface area contributed by atoms with E-state index in [0.29, 0.717) is 23.4 Å². The Bertz CT molecular complexity index is 648. The molecule has 1 rings (SSSR count). The third kappa shape index (κ3) is 6.57. The van der Waals surface area contributed by atoms with E-state index in [0.717, 1.165) is 0 Å². The van der Waals surface area contributed by atoms with E-state index in [4.69, 9.17) is 9.84 Å². The van der Waals surface area contributed by atoms with E-state index in [1.54, 1.807) is 26.0 Å². The predicted octanol–water partition coefficient (Wildman–Crippen LogP) is 3.11. The Balaban J connectivity index is 2.73. The maximum absolute atomic E-state index is 12.1. The highest BCUT2D eigenvalue weighted by Crippen LogP contribution is 2.23. The summed E-state index contributed by atoms with van der Waals surface area (Å²) in [6.45, 7) is 7.21. The molecule has 7 heteroatoms. The van der Waals surface area contributed by atoms with Gasteiger partial charge < -0.3 is 20.5 Å². The highest BCUT2D eigenvalue weighted by atomic mass is 16.5. The maximum Gasteiger partial charge on any atom is 0.319 e. The van der Waals surface area contributed by atoms with E-state index in [1.807, 2.05) is 19.9 Å². The van der Waals surface area contributed by atoms with Gasteiger partial charge in [-0.3, -0.25) is 4.79 Å². The summed E-state index contributed by atoms with van der Waals surface area (Å²) in [6, 6.07) is 6.37. The first-order valence-corrected chi connectivity index (χ1v) is 7.65. The number of aliphatic carboxylic acids is 1. The molecule has 0 aromatic heterocycles. The maximum atomic E-state index is 12.1. The molecule has 130 valence electrons. The zero-order chi connectivity index (χ0) is 18.3. The molecule has 7 nitrogen and oxygen atoms in total. The van der Waals surface area contributed by atoms with Gasteiger partial charge in [-0.05, 0) is 52.3 Å². The molecular formula is C17H23N3O4. The van der Waals surface area contributed by atoms with Crippen LogP contribution in [0.4, 0.5) is 10.5 Å². The van der Waals surface area contributed by atoms with E-state index >= 15 is 0 Å². The van der Waals surface area contributed by atoms with Gasteiger partial charge in [-0.25, -0.2) is 4.79 Å². The van der Waals surface area contributed by atoms with Gasteiger partial charge in [-0.2, -0.15) is 5.26 Å². The van der Waals surface area contributed by atoms with Crippen molar-refractivity contribution < 1.29 is 19.4 Å². The highest BCUT2D eigenvalue weighted by molar-refractivity contribution is 5.90. The smallest absolute Gasteiger partial charge is 0.319 e. The fourth-order valence-electron chi connectivity index (χ4n) is 2.00. The lowest BCUT2D eigenvalue weighted by molar-refractivity contribution is -0.137. The topological polar surface area (TPSA) is 111 Å². The minimum atomic E-state index is -0.912. The Morgan fingerprint density at radius 3 is 2.58 bits per heavy atom. The van der Waals surface area contributed by atoms with Crippen molar-refractivity contribution in [1.29, 1.82) is 5.26 Å². The molecule has 0 heterocycles. The highest BCUT2D eigenvalue weighted by Gasteiger charge is 2.21. The second-order valence-electron chi connectivity index (χ2n) is 6.35. The van der Waals surface area contributed by atoms with Crippen molar-refractivity contribution in [1.82, 2.24) is 5.32 Å². The number of nitriles is 1. The largest absolute Gasteiger partial charge is 0.490 e. The number of carbonyl (C=O) groups is 2. The molecule has 0 spiro atoms. The molecule has 3 N–H and O–H groups in total. The van der Waals surface area contributed by atoms with Crippen molar-refractivity contribution >= 4 is 17.7 Å². The first kappa shape index (κ1) is 19.3. The molecule has 0 aliphatic heterocycles. The number of hydrogen-bond donors (Lipinski definition) is 3. The Hall–Kier alpha value is -2.75. The minimum Gasteiger partial charge on any atom is -0.490 e. The fourth-order valence-corrected chi connectivity index (χ4v) is 2.00. The molecule has 1 aromatic carbocycles. The fraction of sp³-hybridized carbons (Fsp3) is 0.471. The van der Waals surface area contributed by atoms with Crippen LogP contribution in [0.25, 0.3) is 0 Å². The van der Waals surface area contributed by atoms with Gasteiger partial charge in [0.05, 0.1) is 11.7 Å². The van der Waals surface area contributed by atoms with Crippen LogP contribution in [0.3, 0.4) is 0 Å². The molecule has 24 heavy (non-hydrogen) atoms. The second-order valence-corrected chi connectivity index (χ2v) is 6.35. The number of benzene rings is 1. The van der Waals surface area contributed by atoms with Crippen molar-refractivity contribution in [2.45, 2.75) is 52.2 Å². The number of carbonyl (C=O) groups excluding carboxylic acids is 1. The van der Waals surface area contributed by atoms with E-state index in [2.05, 4.69) is 10.6 Å². The molecule has 1 aromatic rings. The van der Waals surface area contributed by atoms with Gasteiger partial charge in [0.15, 0.2) is 0 Å². The standard InChI is InChI=1S/C17H23N3O4/c1-11(2)24-14-6-5-13(9-12(14)10-18)19-16(23)20-17(3,4)8-7-15(21)22/h5-6,9,11H,7-8H2,1-4H3,(H,21,22)(H2,19,20,23). The van der Waals surface area contributed by atoms with E-state index in [9.17, 15) is 14.9 Å². The van der Waals surface area contributed by atoms with Gasteiger partial charge in [-0.15, -0.1) is 0 Å². The molecule has 0 aliphatic carbocycles. The van der Waals surface area contributed by atoms with Crippen molar-refractivity contribution in [2.24, 2.45) is 0 Å². The van der Waals surface area contributed by atoms with Gasteiger partial charge >= 0.3 is 12.0 Å². The van der Waals surface area contributed by atoms with Gasteiger partial charge in [-0.1, -0.05) is 0 Å². The summed E-state index contributed by atoms with van der Waals surface area (Å²) in [6.07, 6.45) is 0.210. The summed E-state index contributed by atoms with van der Waals surface area (Å²) >= 11 is 0. The summed E-state index contributed by atoms with van der Waals surface area (Å²) in [4.78, 5) is 22.7. The summed E-state index contributed by atoms with van der Waals surface area (Å²) < 4.78 is 5.52. The lowest BCUT2D eigenvalue weighted by Crippen LogP contribution is -2.45. The third-order valence-corrected chi connectivity index (χ3v) is 3.14. The van der Waals surface area contributed by atoms with E-state index in [1.165, 1.54) is 6.07 Å². The van der Waals surface area contributed by atoms with Gasteiger partial charge in [0.25, 0.3) is 0 Å². The molecule has 0 saturated heterocycles. The van der Waals surface area contributed by atoms with E-state index < -0.39 is 17.5 Å². The quantitative estimate of drug-likeness (QED) is 0.710. The first-order chi connectivity index (χ1) is 11.1. The molecule has 0 fully saturated rings. The summed E-state index contributed by atoms with van der Waals surface area (Å²) in [5.74, 6) is -0.454. The van der Waals surface area contributed by atoms with Crippen LogP contribution in [0.5, 0.6) is 5.75 Å². The predicted molar refractivity (Wildman–Crippen MR) is 90.0 cm³/mol. The van der Waals surface area contributed by atoms with Crippen LogP contribution >= 0.6 is 0 Å². The zero-order valence-corrected chi connectivity index (χ0v) is 14.3. The normalized spacial score (nSPS) is 10.8. The number of anilines is 1. The number of carboxylic acids is 1. The summed E-state index contributed by atoms with van der Waals surface area (Å²) in [5, 5.41) is 23.3. The Labute approximate surface area is 141 Å². The molecule has 0 unspecified atom stereocenters. The zero-order valence-electron chi connectivity index (χ0n) is 14.3. The minimum absolute atomic E-state index is 0.0346. The van der Waals surface area contributed by atoms with Crippen LogP contribution in [-0.4, -0.2) is 28.7 Å². The second kappa shape index (κ2) is 8.20. The first-order valence-electron chi connectivity index (χ1n) is 7.65. The number of hydrogen-bond acceptors (Lipinski definition) is 4. The summed E-state index contributed by atoms with van der Waals surface area (Å²) in [7, 11) is 0. The number of amides is 2. The molecular weight excluding hydrogens is 310 g/mol. The van der Waals surface area contributed by atoms with Crippen LogP contribution in [-0.2, 0) is 4.79 Å². The van der Waals surface area contributed by atoms with Crippen molar-refractivity contribution in [3.8, 4) is 11.8 Å². The van der Waals surface area contributed by atoms with Gasteiger partial charge in [0.1, 0.15) is 11.8 Å². The Morgan fingerprint density at radius 2 is 2.04 bits per heavy atom. The van der Waals surface area contributed by atoms with Crippen LogP contribution in [0.1, 0.15) is 46.1 Å². The average molecular weight is 333 g/mol. The molecule has 0 saturated carbocycles. The van der Waals surface area contributed by atoms with Crippen molar-refractivity contribution in [3.05, 3.63) is 23.8 Å². The van der Waals surface area contributed by atoms with Crippen LogP contribution < -0.4 is 15.4 Å². The lowest BCUT2D eigenvalue weighted by Gasteiger charge is -2.25. The number of carboxylic acid groups (broad SMARTS) is 1. The number of nitrogens with one attached hydrogen (secondary N) is 2. The van der Waals surface area contributed by atoms with Gasteiger partial charge in [0, 0.05) is 17.6 Å². The SMILES string of the molecule is CC(C)Oc1ccc(NC(=O)NC(C)(C)CCC(=O)O)cc1C#N. The lowest BCUT2D eigenvalue weighted by atomic mass is 9.99. The van der Waals surface area contributed by atoms with Crippen molar-refractivity contribution in [3.63, 3.8) is 0 Å². The molecule has 0 radical (unpaired) electrons. The molecule has 2 amide bonds. The van der Waals surface area contributed by atoms with Crippen molar-refractivity contribution in [2.75, 3.05) is 5.32 Å². The number of rotatable bonds is 7. The molecule has 0 aliphatic rings. The average Bonchev–Trinajstić information content (AvgIpc) is 2.45. The van der Waals surface area contributed by atoms with Crippen LogP contribution in [0, 0.1) is 11.3 Å². The molecule has 0 atom stereocenters. The Kier molecular flexibility index (Phi) is 6.59. The monoisotopic (exact) mass is 333 g/mol. The number of ether oxygens (including phenoxy) is 1. The number of nitrogens with zero attached hydrogens (tertiary/aromatic N) is 1. The number of urea groups is 1. The van der Waals surface area contributed by atoms with E-state index in [-0.39, 0.29) is 12.5 Å². The van der Waals surface area contributed by atoms with Crippen LogP contribution in [0.15, 0.2) is 18.2 Å². The Morgan fingerprint density at radius 1 is 1.38 bits per heavy atom. The van der Waals surface area contributed by atoms with Gasteiger partial charge in [0.2, 0.25) is 0 Å². The summed E-state index contributed by atoms with van der Waals surface area (Å²) in [5.41, 5.74) is 0.113. The molecule has 0 bridgehead atoms.